The molecule has 1 saturated heterocycles. The van der Waals surface area contributed by atoms with Gasteiger partial charge in [0.2, 0.25) is 0 Å². The van der Waals surface area contributed by atoms with Gasteiger partial charge in [0.15, 0.2) is 5.54 Å². The number of para-hydroxylation sites is 1. The topological polar surface area (TPSA) is 65.1 Å². The van der Waals surface area contributed by atoms with E-state index in [1.807, 2.05) is 75.4 Å². The second kappa shape index (κ2) is 6.82. The quantitative estimate of drug-likeness (QED) is 0.534. The third-order valence-electron chi connectivity index (χ3n) is 6.69. The smallest absolute Gasteiger partial charge is 0.415 e. The zero-order valence-corrected chi connectivity index (χ0v) is 18.1. The molecular formula is C25H27NO5. The van der Waals surface area contributed by atoms with Crippen molar-refractivity contribution in [2.24, 2.45) is 5.92 Å². The molecule has 6 nitrogen and oxygen atoms in total. The summed E-state index contributed by atoms with van der Waals surface area (Å²) in [5.41, 5.74) is 0.648. The Balaban J connectivity index is 1.45. The van der Waals surface area contributed by atoms with E-state index in [2.05, 4.69) is 0 Å². The van der Waals surface area contributed by atoms with Crippen molar-refractivity contribution in [2.75, 3.05) is 18.1 Å². The van der Waals surface area contributed by atoms with Crippen LogP contribution in [0.25, 0.3) is 0 Å². The molecule has 6 heteroatoms. The molecule has 2 aliphatic heterocycles. The van der Waals surface area contributed by atoms with Crippen LogP contribution in [0.2, 0.25) is 0 Å². The molecule has 2 aromatic rings. The molecule has 2 heterocycles. The molecule has 0 unspecified atom stereocenters. The summed E-state index contributed by atoms with van der Waals surface area (Å²) in [6, 6.07) is 17.7. The third kappa shape index (κ3) is 2.74. The molecule has 2 fully saturated rings. The first kappa shape index (κ1) is 20.1. The van der Waals surface area contributed by atoms with Gasteiger partial charge in [-0.05, 0) is 44.4 Å². The normalized spacial score (nSPS) is 27.9. The second-order valence-electron chi connectivity index (χ2n) is 9.51. The van der Waals surface area contributed by atoms with E-state index < -0.39 is 22.6 Å². The molecule has 0 aromatic heterocycles. The number of amides is 1. The molecule has 1 aliphatic carbocycles. The van der Waals surface area contributed by atoms with Gasteiger partial charge < -0.3 is 14.2 Å². The number of hydrogen-bond donors (Lipinski definition) is 0. The molecule has 3 atom stereocenters. The van der Waals surface area contributed by atoms with Crippen molar-refractivity contribution >= 4 is 17.7 Å². The molecule has 0 radical (unpaired) electrons. The fourth-order valence-electron chi connectivity index (χ4n) is 5.58. The van der Waals surface area contributed by atoms with E-state index >= 15 is 0 Å². The average Bonchev–Trinajstić information content (AvgIpc) is 2.98. The number of hydrogen-bond acceptors (Lipinski definition) is 5. The third-order valence-corrected chi connectivity index (χ3v) is 6.69. The number of carbonyl (C=O) groups is 2. The van der Waals surface area contributed by atoms with Gasteiger partial charge in [0.05, 0.1) is 18.9 Å². The Morgan fingerprint density at radius 1 is 1.13 bits per heavy atom. The molecule has 1 saturated carbocycles. The van der Waals surface area contributed by atoms with Gasteiger partial charge in [-0.25, -0.2) is 9.59 Å². The summed E-state index contributed by atoms with van der Waals surface area (Å²) in [5, 5.41) is 0. The molecule has 162 valence electrons. The van der Waals surface area contributed by atoms with E-state index in [1.54, 1.807) is 4.90 Å². The minimum Gasteiger partial charge on any atom is -0.463 e. The van der Waals surface area contributed by atoms with Crippen LogP contribution in [0.5, 0.6) is 0 Å². The van der Waals surface area contributed by atoms with Crippen LogP contribution in [0.15, 0.2) is 54.6 Å². The molecule has 1 spiro atoms. The fraction of sp³-hybridized carbons (Fsp3) is 0.440. The number of cyclic esters (lactones) is 1. The molecule has 2 aromatic carbocycles. The monoisotopic (exact) mass is 421 g/mol. The fourth-order valence-corrected chi connectivity index (χ4v) is 5.58. The predicted octanol–water partition coefficient (Wildman–Crippen LogP) is 4.21. The van der Waals surface area contributed by atoms with Crippen molar-refractivity contribution < 1.29 is 23.8 Å². The van der Waals surface area contributed by atoms with Crippen molar-refractivity contribution in [3.63, 3.8) is 0 Å². The highest BCUT2D eigenvalue weighted by molar-refractivity contribution is 6.10. The molecular weight excluding hydrogens is 394 g/mol. The predicted molar refractivity (Wildman–Crippen MR) is 115 cm³/mol. The van der Waals surface area contributed by atoms with Crippen molar-refractivity contribution in [2.45, 2.75) is 50.4 Å². The first-order chi connectivity index (χ1) is 14.8. The Kier molecular flexibility index (Phi) is 4.42. The maximum atomic E-state index is 13.3. The van der Waals surface area contributed by atoms with Crippen LogP contribution < -0.4 is 4.90 Å². The Bertz CT molecular complexity index is 1030. The number of ether oxygens (including phenoxy) is 3. The minimum atomic E-state index is -1.03. The number of esters is 1. The van der Waals surface area contributed by atoms with Crippen molar-refractivity contribution in [1.82, 2.24) is 0 Å². The SMILES string of the molecule is CC(C)(C)OC(=O)N1c2ccccc2[C@@]2(CCOCc3ccccc3)[C@@H]3COC(=O)[C@]312. The zero-order chi connectivity index (χ0) is 21.9. The minimum absolute atomic E-state index is 0.0877. The van der Waals surface area contributed by atoms with Crippen LogP contribution in [0.4, 0.5) is 10.5 Å². The van der Waals surface area contributed by atoms with E-state index in [-0.39, 0.29) is 11.9 Å². The Labute approximate surface area is 182 Å². The van der Waals surface area contributed by atoms with Crippen LogP contribution in [0.1, 0.15) is 38.3 Å². The van der Waals surface area contributed by atoms with Gasteiger partial charge in [-0.15, -0.1) is 0 Å². The number of benzene rings is 2. The lowest BCUT2D eigenvalue weighted by atomic mass is 9.88. The lowest BCUT2D eigenvalue weighted by molar-refractivity contribution is -0.143. The molecule has 3 aliphatic rings. The van der Waals surface area contributed by atoms with Crippen molar-refractivity contribution in [3.05, 3.63) is 65.7 Å². The summed E-state index contributed by atoms with van der Waals surface area (Å²) in [7, 11) is 0. The first-order valence-electron chi connectivity index (χ1n) is 10.7. The number of fused-ring (bicyclic) bond motifs is 3. The van der Waals surface area contributed by atoms with Crippen molar-refractivity contribution in [1.29, 1.82) is 0 Å². The standard InChI is InChI=1S/C25H27NO5/c1-23(2,3)31-22(28)26-19-12-8-7-11-18(19)24(20-16-30-21(27)25(20,24)26)13-14-29-15-17-9-5-4-6-10-17/h4-12,20H,13-16H2,1-3H3/t20-,24-,25-/m0/s1. The maximum Gasteiger partial charge on any atom is 0.415 e. The largest absolute Gasteiger partial charge is 0.463 e. The molecule has 0 bridgehead atoms. The van der Waals surface area contributed by atoms with Gasteiger partial charge in [0.1, 0.15) is 5.60 Å². The highest BCUT2D eigenvalue weighted by atomic mass is 16.6. The van der Waals surface area contributed by atoms with E-state index in [4.69, 9.17) is 14.2 Å². The maximum absolute atomic E-state index is 13.3. The number of rotatable bonds is 5. The Hall–Kier alpha value is -2.86. The average molecular weight is 421 g/mol. The van der Waals surface area contributed by atoms with Crippen molar-refractivity contribution in [3.8, 4) is 0 Å². The van der Waals surface area contributed by atoms with Gasteiger partial charge >= 0.3 is 12.1 Å². The number of carbonyl (C=O) groups excluding carboxylic acids is 2. The summed E-state index contributed by atoms with van der Waals surface area (Å²) in [6.07, 6.45) is 0.129. The number of nitrogens with zero attached hydrogens (tertiary/aromatic N) is 1. The molecule has 0 N–H and O–H groups in total. The highest BCUT2D eigenvalue weighted by Crippen LogP contribution is 2.77. The van der Waals surface area contributed by atoms with Gasteiger partial charge in [-0.1, -0.05) is 48.5 Å². The van der Waals surface area contributed by atoms with E-state index in [1.165, 1.54) is 0 Å². The molecule has 31 heavy (non-hydrogen) atoms. The van der Waals surface area contributed by atoms with Gasteiger partial charge in [-0.3, -0.25) is 4.90 Å². The summed E-state index contributed by atoms with van der Waals surface area (Å²) >= 11 is 0. The zero-order valence-electron chi connectivity index (χ0n) is 18.1. The summed E-state index contributed by atoms with van der Waals surface area (Å²) in [4.78, 5) is 27.9. The van der Waals surface area contributed by atoms with Gasteiger partial charge in [0.25, 0.3) is 0 Å². The second-order valence-corrected chi connectivity index (χ2v) is 9.51. The lowest BCUT2D eigenvalue weighted by Gasteiger charge is -2.29. The summed E-state index contributed by atoms with van der Waals surface area (Å²) in [5.74, 6) is -0.433. The van der Waals surface area contributed by atoms with Crippen LogP contribution in [0, 0.1) is 5.92 Å². The van der Waals surface area contributed by atoms with E-state index in [0.29, 0.717) is 26.2 Å². The van der Waals surface area contributed by atoms with Crippen LogP contribution in [0.3, 0.4) is 0 Å². The summed E-state index contributed by atoms with van der Waals surface area (Å²) < 4.78 is 17.1. The lowest BCUT2D eigenvalue weighted by Crippen LogP contribution is -2.50. The van der Waals surface area contributed by atoms with Gasteiger partial charge in [-0.2, -0.15) is 0 Å². The number of anilines is 1. The van der Waals surface area contributed by atoms with Crippen LogP contribution in [-0.2, 0) is 31.0 Å². The van der Waals surface area contributed by atoms with Gasteiger partial charge in [0, 0.05) is 17.9 Å². The molecule has 5 rings (SSSR count). The Morgan fingerprint density at radius 3 is 2.58 bits per heavy atom. The Morgan fingerprint density at radius 2 is 1.84 bits per heavy atom. The summed E-state index contributed by atoms with van der Waals surface area (Å²) in [6.45, 7) is 6.78. The van der Waals surface area contributed by atoms with Crippen LogP contribution in [-0.4, -0.2) is 36.4 Å². The van der Waals surface area contributed by atoms with E-state index in [0.717, 1.165) is 16.8 Å². The molecule has 1 amide bonds. The highest BCUT2D eigenvalue weighted by Gasteiger charge is 2.91. The van der Waals surface area contributed by atoms with Crippen LogP contribution >= 0.6 is 0 Å². The van der Waals surface area contributed by atoms with E-state index in [9.17, 15) is 9.59 Å². The first-order valence-corrected chi connectivity index (χ1v) is 10.7.